The molecule has 0 amide bonds. The molecule has 0 saturated carbocycles. The van der Waals surface area contributed by atoms with E-state index < -0.39 is 0 Å². The lowest BCUT2D eigenvalue weighted by atomic mass is 9.99. The summed E-state index contributed by atoms with van der Waals surface area (Å²) in [6.07, 6.45) is 2.62. The summed E-state index contributed by atoms with van der Waals surface area (Å²) in [5.41, 5.74) is 1.20. The number of hydrogen-bond acceptors (Lipinski definition) is 3. The Morgan fingerprint density at radius 3 is 2.84 bits per heavy atom. The third-order valence-corrected chi connectivity index (χ3v) is 3.51. The number of hydrogen-bond donors (Lipinski definition) is 1. The predicted octanol–water partition coefficient (Wildman–Crippen LogP) is 2.94. The van der Waals surface area contributed by atoms with Crippen LogP contribution < -0.4 is 15.0 Å². The van der Waals surface area contributed by atoms with E-state index >= 15 is 0 Å². The van der Waals surface area contributed by atoms with Crippen LogP contribution in [-0.4, -0.2) is 33.3 Å². The lowest BCUT2D eigenvalue weighted by Gasteiger charge is -2.29. The third kappa shape index (κ3) is 4.59. The Kier molecular flexibility index (Phi) is 7.03. The Labute approximate surface area is 122 Å². The highest BCUT2D eigenvalue weighted by Gasteiger charge is 2.16. The lowest BCUT2D eigenvalue weighted by molar-refractivity contribution is 0.338. The standard InChI is InChI=1S/C15H24N2O.ClH/c1-3-18-15-9-5-4-8-14(15)17(2)12-13-7-6-10-16-11-13;/h4-5,8-9,13,16H,3,6-7,10-12H2,1-2H3;1H. The molecule has 19 heavy (non-hydrogen) atoms. The number of halogens is 1. The number of benzene rings is 1. The van der Waals surface area contributed by atoms with Gasteiger partial charge in [0, 0.05) is 13.6 Å². The summed E-state index contributed by atoms with van der Waals surface area (Å²) in [5.74, 6) is 1.74. The topological polar surface area (TPSA) is 24.5 Å². The van der Waals surface area contributed by atoms with Crippen LogP contribution in [0, 0.1) is 5.92 Å². The van der Waals surface area contributed by atoms with Crippen molar-refractivity contribution in [2.75, 3.05) is 38.2 Å². The van der Waals surface area contributed by atoms with Gasteiger partial charge in [0.05, 0.1) is 12.3 Å². The predicted molar refractivity (Wildman–Crippen MR) is 83.7 cm³/mol. The summed E-state index contributed by atoms with van der Waals surface area (Å²) in [5, 5.41) is 3.47. The summed E-state index contributed by atoms with van der Waals surface area (Å²) in [6.45, 7) is 6.16. The first-order valence-corrected chi connectivity index (χ1v) is 6.95. The number of para-hydroxylation sites is 2. The molecular formula is C15H25ClN2O. The van der Waals surface area contributed by atoms with Crippen LogP contribution in [0.25, 0.3) is 0 Å². The van der Waals surface area contributed by atoms with Gasteiger partial charge < -0.3 is 15.0 Å². The van der Waals surface area contributed by atoms with Crippen molar-refractivity contribution in [2.45, 2.75) is 19.8 Å². The summed E-state index contributed by atoms with van der Waals surface area (Å²) < 4.78 is 5.69. The second kappa shape index (κ2) is 8.28. The fourth-order valence-corrected chi connectivity index (χ4v) is 2.62. The van der Waals surface area contributed by atoms with E-state index in [0.717, 1.165) is 31.4 Å². The Morgan fingerprint density at radius 2 is 2.16 bits per heavy atom. The summed E-state index contributed by atoms with van der Waals surface area (Å²) >= 11 is 0. The Hall–Kier alpha value is -0.930. The molecule has 1 aromatic rings. The molecule has 0 bridgehead atoms. The zero-order valence-electron chi connectivity index (χ0n) is 11.9. The highest BCUT2D eigenvalue weighted by molar-refractivity contribution is 5.85. The molecule has 108 valence electrons. The molecule has 1 N–H and O–H groups in total. The molecule has 0 aliphatic carbocycles. The van der Waals surface area contributed by atoms with Crippen LogP contribution in [0.15, 0.2) is 24.3 Å². The van der Waals surface area contributed by atoms with Gasteiger partial charge in [-0.1, -0.05) is 12.1 Å². The number of ether oxygens (including phenoxy) is 1. The molecule has 1 saturated heterocycles. The minimum atomic E-state index is 0. The van der Waals surface area contributed by atoms with Crippen molar-refractivity contribution in [3.05, 3.63) is 24.3 Å². The molecule has 2 rings (SSSR count). The molecule has 1 aliphatic heterocycles. The Balaban J connectivity index is 0.00000180. The molecular weight excluding hydrogens is 260 g/mol. The maximum Gasteiger partial charge on any atom is 0.142 e. The van der Waals surface area contributed by atoms with E-state index in [9.17, 15) is 0 Å². The second-order valence-electron chi connectivity index (χ2n) is 4.99. The van der Waals surface area contributed by atoms with Gasteiger partial charge in [-0.05, 0) is 50.9 Å². The van der Waals surface area contributed by atoms with Crippen LogP contribution >= 0.6 is 12.4 Å². The zero-order chi connectivity index (χ0) is 12.8. The van der Waals surface area contributed by atoms with E-state index in [-0.39, 0.29) is 12.4 Å². The quantitative estimate of drug-likeness (QED) is 0.900. The number of piperidine rings is 1. The van der Waals surface area contributed by atoms with Crippen molar-refractivity contribution < 1.29 is 4.74 Å². The van der Waals surface area contributed by atoms with Crippen LogP contribution in [0.5, 0.6) is 5.75 Å². The normalized spacial score (nSPS) is 18.5. The van der Waals surface area contributed by atoms with Gasteiger partial charge in [0.2, 0.25) is 0 Å². The monoisotopic (exact) mass is 284 g/mol. The maximum atomic E-state index is 5.69. The van der Waals surface area contributed by atoms with Crippen molar-refractivity contribution in [3.8, 4) is 5.75 Å². The largest absolute Gasteiger partial charge is 0.492 e. The number of nitrogens with zero attached hydrogens (tertiary/aromatic N) is 1. The zero-order valence-corrected chi connectivity index (χ0v) is 12.7. The van der Waals surface area contributed by atoms with Crippen molar-refractivity contribution in [1.29, 1.82) is 0 Å². The van der Waals surface area contributed by atoms with Gasteiger partial charge in [-0.3, -0.25) is 0 Å². The Bertz CT molecular complexity index is 367. The van der Waals surface area contributed by atoms with Gasteiger partial charge in [-0.15, -0.1) is 12.4 Å². The summed E-state index contributed by atoms with van der Waals surface area (Å²) in [7, 11) is 2.16. The van der Waals surface area contributed by atoms with Crippen molar-refractivity contribution in [3.63, 3.8) is 0 Å². The van der Waals surface area contributed by atoms with Crippen LogP contribution in [0.4, 0.5) is 5.69 Å². The van der Waals surface area contributed by atoms with Gasteiger partial charge in [0.15, 0.2) is 0 Å². The average Bonchev–Trinajstić information content (AvgIpc) is 2.41. The molecule has 1 aromatic carbocycles. The minimum Gasteiger partial charge on any atom is -0.492 e. The Morgan fingerprint density at radius 1 is 1.37 bits per heavy atom. The molecule has 0 aromatic heterocycles. The lowest BCUT2D eigenvalue weighted by Crippen LogP contribution is -2.37. The van der Waals surface area contributed by atoms with Gasteiger partial charge >= 0.3 is 0 Å². The number of rotatable bonds is 5. The van der Waals surface area contributed by atoms with Crippen LogP contribution in [0.1, 0.15) is 19.8 Å². The van der Waals surface area contributed by atoms with Gasteiger partial charge in [0.1, 0.15) is 5.75 Å². The smallest absolute Gasteiger partial charge is 0.142 e. The minimum absolute atomic E-state index is 0. The highest BCUT2D eigenvalue weighted by atomic mass is 35.5. The summed E-state index contributed by atoms with van der Waals surface area (Å²) in [4.78, 5) is 2.32. The first-order valence-electron chi connectivity index (χ1n) is 6.95. The molecule has 1 aliphatic rings. The first kappa shape index (κ1) is 16.1. The number of anilines is 1. The fourth-order valence-electron chi connectivity index (χ4n) is 2.62. The van der Waals surface area contributed by atoms with Crippen LogP contribution in [-0.2, 0) is 0 Å². The van der Waals surface area contributed by atoms with Gasteiger partial charge in [-0.2, -0.15) is 0 Å². The molecule has 3 nitrogen and oxygen atoms in total. The highest BCUT2D eigenvalue weighted by Crippen LogP contribution is 2.28. The van der Waals surface area contributed by atoms with E-state index in [0.29, 0.717) is 0 Å². The van der Waals surface area contributed by atoms with E-state index in [1.807, 2.05) is 13.0 Å². The second-order valence-corrected chi connectivity index (χ2v) is 4.99. The van der Waals surface area contributed by atoms with E-state index in [2.05, 4.69) is 35.5 Å². The molecule has 1 fully saturated rings. The van der Waals surface area contributed by atoms with Gasteiger partial charge in [-0.25, -0.2) is 0 Å². The molecule has 4 heteroatoms. The molecule has 1 atom stereocenters. The molecule has 0 spiro atoms. The van der Waals surface area contributed by atoms with Crippen LogP contribution in [0.3, 0.4) is 0 Å². The van der Waals surface area contributed by atoms with Crippen molar-refractivity contribution in [1.82, 2.24) is 5.32 Å². The third-order valence-electron chi connectivity index (χ3n) is 3.51. The molecule has 0 radical (unpaired) electrons. The maximum absolute atomic E-state index is 5.69. The van der Waals surface area contributed by atoms with E-state index in [4.69, 9.17) is 4.74 Å². The fraction of sp³-hybridized carbons (Fsp3) is 0.600. The van der Waals surface area contributed by atoms with Gasteiger partial charge in [0.25, 0.3) is 0 Å². The molecule has 1 heterocycles. The average molecular weight is 285 g/mol. The van der Waals surface area contributed by atoms with Crippen molar-refractivity contribution in [2.24, 2.45) is 5.92 Å². The SMILES string of the molecule is CCOc1ccccc1N(C)CC1CCCNC1.Cl. The summed E-state index contributed by atoms with van der Waals surface area (Å²) in [6, 6.07) is 8.30. The first-order chi connectivity index (χ1) is 8.81. The van der Waals surface area contributed by atoms with Crippen LogP contribution in [0.2, 0.25) is 0 Å². The van der Waals surface area contributed by atoms with E-state index in [1.54, 1.807) is 0 Å². The number of nitrogens with one attached hydrogen (secondary N) is 1. The molecule has 1 unspecified atom stereocenters. The van der Waals surface area contributed by atoms with E-state index in [1.165, 1.54) is 25.1 Å². The van der Waals surface area contributed by atoms with Crippen molar-refractivity contribution >= 4 is 18.1 Å².